The van der Waals surface area contributed by atoms with Crippen LogP contribution in [0.1, 0.15) is 26.3 Å². The number of rotatable bonds is 7. The third-order valence-corrected chi connectivity index (χ3v) is 10.0. The van der Waals surface area contributed by atoms with Crippen LogP contribution in [0, 0.1) is 0 Å². The minimum atomic E-state index is 0.0799. The Balaban J connectivity index is 1.14. The Morgan fingerprint density at radius 2 is 0.870 bits per heavy atom. The molecule has 7 aromatic carbocycles. The highest BCUT2D eigenvalue weighted by molar-refractivity contribution is 6.10. The van der Waals surface area contributed by atoms with Crippen LogP contribution in [-0.4, -0.2) is 19.5 Å². The first-order valence-electron chi connectivity index (χ1n) is 18.4. The summed E-state index contributed by atoms with van der Waals surface area (Å²) < 4.78 is 2.35. The van der Waals surface area contributed by atoms with Gasteiger partial charge >= 0.3 is 0 Å². The van der Waals surface area contributed by atoms with Crippen molar-refractivity contribution >= 4 is 38.9 Å². The molecular formula is C49H39N5. The molecule has 0 spiro atoms. The van der Waals surface area contributed by atoms with Gasteiger partial charge in [0.25, 0.3) is 0 Å². The topological polar surface area (TPSA) is 46.8 Å². The van der Waals surface area contributed by atoms with Gasteiger partial charge in [0.15, 0.2) is 17.5 Å². The molecule has 0 aliphatic carbocycles. The van der Waals surface area contributed by atoms with Gasteiger partial charge in [0, 0.05) is 50.2 Å². The second kappa shape index (κ2) is 13.6. The van der Waals surface area contributed by atoms with E-state index in [1.807, 2.05) is 60.7 Å². The highest BCUT2D eigenvalue weighted by Crippen LogP contribution is 2.40. The third kappa shape index (κ3) is 6.20. The summed E-state index contributed by atoms with van der Waals surface area (Å²) in [4.78, 5) is 17.1. The lowest BCUT2D eigenvalue weighted by molar-refractivity contribution is 0.590. The molecule has 0 radical (unpaired) electrons. The predicted octanol–water partition coefficient (Wildman–Crippen LogP) is 12.7. The molecule has 0 bridgehead atoms. The molecular weight excluding hydrogens is 659 g/mol. The molecule has 0 unspecified atom stereocenters. The second-order valence-electron chi connectivity index (χ2n) is 14.6. The van der Waals surface area contributed by atoms with E-state index >= 15 is 0 Å². The maximum absolute atomic E-state index is 4.95. The fraction of sp³-hybridized carbons (Fsp3) is 0.0816. The summed E-state index contributed by atoms with van der Waals surface area (Å²) in [5.41, 5.74) is 10.9. The van der Waals surface area contributed by atoms with E-state index in [1.54, 1.807) is 0 Å². The van der Waals surface area contributed by atoms with Crippen LogP contribution in [-0.2, 0) is 5.41 Å². The lowest BCUT2D eigenvalue weighted by Crippen LogP contribution is -2.13. The number of hydrogen-bond donors (Lipinski definition) is 0. The first-order chi connectivity index (χ1) is 26.4. The first-order valence-corrected chi connectivity index (χ1v) is 18.4. The van der Waals surface area contributed by atoms with Crippen LogP contribution in [0.15, 0.2) is 182 Å². The largest absolute Gasteiger partial charge is 0.310 e. The summed E-state index contributed by atoms with van der Waals surface area (Å²) in [6, 6.07) is 63.8. The Morgan fingerprint density at radius 3 is 1.44 bits per heavy atom. The van der Waals surface area contributed by atoms with Crippen LogP contribution in [0.2, 0.25) is 0 Å². The molecule has 0 aliphatic heterocycles. The standard InChI is InChI=1S/C49H39N5/c1-49(2,3)37-25-29-39(30-26-37)53(38-19-11-6-12-20-38)41-31-32-45-43(33-41)42-21-13-14-22-44(42)54(45)40-27-23-36(24-28-40)48-51-46(34-15-7-4-8-16-34)50-47(52-48)35-17-9-5-10-18-35/h4-33H,1-3H3. The highest BCUT2D eigenvalue weighted by atomic mass is 15.1. The van der Waals surface area contributed by atoms with Gasteiger partial charge < -0.3 is 9.47 Å². The van der Waals surface area contributed by atoms with E-state index in [-0.39, 0.29) is 5.41 Å². The van der Waals surface area contributed by atoms with Crippen LogP contribution in [0.4, 0.5) is 17.1 Å². The lowest BCUT2D eigenvalue weighted by Gasteiger charge is -2.27. The van der Waals surface area contributed by atoms with Crippen molar-refractivity contribution in [2.45, 2.75) is 26.2 Å². The Labute approximate surface area is 315 Å². The van der Waals surface area contributed by atoms with Gasteiger partial charge in [-0.25, -0.2) is 15.0 Å². The lowest BCUT2D eigenvalue weighted by atomic mass is 9.87. The molecule has 0 saturated carbocycles. The van der Waals surface area contributed by atoms with Crippen molar-refractivity contribution in [2.24, 2.45) is 0 Å². The number of hydrogen-bond acceptors (Lipinski definition) is 4. The number of anilines is 3. The molecule has 9 aromatic rings. The minimum absolute atomic E-state index is 0.0799. The zero-order valence-corrected chi connectivity index (χ0v) is 30.6. The van der Waals surface area contributed by atoms with Crippen LogP contribution in [0.25, 0.3) is 61.7 Å². The number of aromatic nitrogens is 4. The zero-order valence-electron chi connectivity index (χ0n) is 30.6. The highest BCUT2D eigenvalue weighted by Gasteiger charge is 2.19. The summed E-state index contributed by atoms with van der Waals surface area (Å²) in [5, 5.41) is 2.39. The van der Waals surface area contributed by atoms with Crippen molar-refractivity contribution in [1.82, 2.24) is 19.5 Å². The van der Waals surface area contributed by atoms with Crippen LogP contribution in [0.5, 0.6) is 0 Å². The summed E-state index contributed by atoms with van der Waals surface area (Å²) in [6.07, 6.45) is 0. The van der Waals surface area contributed by atoms with E-state index in [1.165, 1.54) is 16.3 Å². The van der Waals surface area contributed by atoms with E-state index in [0.717, 1.165) is 50.5 Å². The fourth-order valence-corrected chi connectivity index (χ4v) is 7.21. The molecule has 0 saturated heterocycles. The summed E-state index contributed by atoms with van der Waals surface area (Å²) >= 11 is 0. The predicted molar refractivity (Wildman–Crippen MR) is 224 cm³/mol. The summed E-state index contributed by atoms with van der Waals surface area (Å²) in [5.74, 6) is 1.94. The van der Waals surface area contributed by atoms with E-state index in [2.05, 4.69) is 152 Å². The van der Waals surface area contributed by atoms with Crippen LogP contribution >= 0.6 is 0 Å². The van der Waals surface area contributed by atoms with Gasteiger partial charge in [-0.15, -0.1) is 0 Å². The molecule has 2 aromatic heterocycles. The maximum Gasteiger partial charge on any atom is 0.164 e. The molecule has 0 aliphatic rings. The van der Waals surface area contributed by atoms with Crippen molar-refractivity contribution in [3.05, 3.63) is 188 Å². The second-order valence-corrected chi connectivity index (χ2v) is 14.6. The van der Waals surface area contributed by atoms with Crippen molar-refractivity contribution in [1.29, 1.82) is 0 Å². The maximum atomic E-state index is 4.95. The number of para-hydroxylation sites is 2. The van der Waals surface area contributed by atoms with Crippen molar-refractivity contribution < 1.29 is 0 Å². The Morgan fingerprint density at radius 1 is 0.407 bits per heavy atom. The molecule has 2 heterocycles. The molecule has 0 N–H and O–H groups in total. The Hall–Kier alpha value is -6.85. The molecule has 0 amide bonds. The normalized spacial score (nSPS) is 11.6. The zero-order chi connectivity index (χ0) is 36.6. The molecule has 9 rings (SSSR count). The van der Waals surface area contributed by atoms with Gasteiger partial charge in [0.1, 0.15) is 0 Å². The molecule has 0 atom stereocenters. The average molecular weight is 698 g/mol. The van der Waals surface area contributed by atoms with Gasteiger partial charge in [0.05, 0.1) is 11.0 Å². The monoisotopic (exact) mass is 697 g/mol. The smallest absolute Gasteiger partial charge is 0.164 e. The van der Waals surface area contributed by atoms with Crippen LogP contribution in [0.3, 0.4) is 0 Å². The van der Waals surface area contributed by atoms with Crippen molar-refractivity contribution in [2.75, 3.05) is 4.90 Å². The van der Waals surface area contributed by atoms with E-state index < -0.39 is 0 Å². The first kappa shape index (κ1) is 33.0. The van der Waals surface area contributed by atoms with E-state index in [4.69, 9.17) is 15.0 Å². The van der Waals surface area contributed by atoms with Gasteiger partial charge in [-0.1, -0.05) is 130 Å². The third-order valence-electron chi connectivity index (χ3n) is 10.0. The minimum Gasteiger partial charge on any atom is -0.310 e. The van der Waals surface area contributed by atoms with Crippen molar-refractivity contribution in [3.8, 4) is 39.9 Å². The van der Waals surface area contributed by atoms with Gasteiger partial charge in [-0.05, 0) is 83.8 Å². The molecule has 5 nitrogen and oxygen atoms in total. The summed E-state index contributed by atoms with van der Waals surface area (Å²) in [6.45, 7) is 6.76. The SMILES string of the molecule is CC(C)(C)c1ccc(N(c2ccccc2)c2ccc3c(c2)c2ccccc2n3-c2ccc(-c3nc(-c4ccccc4)nc(-c4ccccc4)n3)cc2)cc1. The van der Waals surface area contributed by atoms with Gasteiger partial charge in [0.2, 0.25) is 0 Å². The molecule has 260 valence electrons. The number of fused-ring (bicyclic) bond motifs is 3. The van der Waals surface area contributed by atoms with Crippen molar-refractivity contribution in [3.63, 3.8) is 0 Å². The molecule has 5 heteroatoms. The van der Waals surface area contributed by atoms with Gasteiger partial charge in [-0.3, -0.25) is 0 Å². The van der Waals surface area contributed by atoms with Gasteiger partial charge in [-0.2, -0.15) is 0 Å². The average Bonchev–Trinajstić information content (AvgIpc) is 3.55. The number of nitrogens with zero attached hydrogens (tertiary/aromatic N) is 5. The van der Waals surface area contributed by atoms with Crippen LogP contribution < -0.4 is 4.90 Å². The number of benzene rings is 7. The quantitative estimate of drug-likeness (QED) is 0.166. The Bertz CT molecular complexity index is 2650. The van der Waals surface area contributed by atoms with E-state index in [0.29, 0.717) is 17.5 Å². The Kier molecular flexibility index (Phi) is 8.32. The van der Waals surface area contributed by atoms with E-state index in [9.17, 15) is 0 Å². The fourth-order valence-electron chi connectivity index (χ4n) is 7.21. The summed E-state index contributed by atoms with van der Waals surface area (Å²) in [7, 11) is 0. The molecule has 54 heavy (non-hydrogen) atoms. The molecule has 0 fully saturated rings.